The number of carbonyl (C=O) groups is 2. The second-order valence-corrected chi connectivity index (χ2v) is 7.51. The first-order valence-electron chi connectivity index (χ1n) is 9.48. The molecule has 144 valence electrons. The summed E-state index contributed by atoms with van der Waals surface area (Å²) in [4.78, 5) is 33.5. The van der Waals surface area contributed by atoms with Gasteiger partial charge >= 0.3 is 0 Å². The first-order chi connectivity index (χ1) is 13.6. The molecule has 0 spiro atoms. The topological polar surface area (TPSA) is 76.9 Å². The number of nitrogens with one attached hydrogen (secondary N) is 1. The van der Waals surface area contributed by atoms with Gasteiger partial charge in [-0.05, 0) is 56.5 Å². The molecule has 1 atom stereocenters. The second-order valence-electron chi connectivity index (χ2n) is 7.12. The first-order valence-corrected chi connectivity index (χ1v) is 9.86. The summed E-state index contributed by atoms with van der Waals surface area (Å²) < 4.78 is 1.97. The average Bonchev–Trinajstić information content (AvgIpc) is 3.04. The molecule has 28 heavy (non-hydrogen) atoms. The molecule has 0 fully saturated rings. The van der Waals surface area contributed by atoms with Crippen molar-refractivity contribution in [3.8, 4) is 0 Å². The summed E-state index contributed by atoms with van der Waals surface area (Å²) in [6, 6.07) is 8.79. The predicted octanol–water partition coefficient (Wildman–Crippen LogP) is 4.11. The van der Waals surface area contributed by atoms with E-state index < -0.39 is 0 Å². The molecule has 1 aliphatic rings. The largest absolute Gasteiger partial charge is 0.344 e. The highest BCUT2D eigenvalue weighted by Crippen LogP contribution is 2.23. The van der Waals surface area contributed by atoms with Crippen LogP contribution in [0.4, 0.5) is 0 Å². The van der Waals surface area contributed by atoms with E-state index in [1.54, 1.807) is 12.1 Å². The molecule has 0 radical (unpaired) electrons. The van der Waals surface area contributed by atoms with Crippen LogP contribution in [0.5, 0.6) is 0 Å². The predicted molar refractivity (Wildman–Crippen MR) is 108 cm³/mol. The number of aryl methyl sites for hydroxylation is 2. The maximum absolute atomic E-state index is 12.8. The summed E-state index contributed by atoms with van der Waals surface area (Å²) in [5, 5.41) is 4.33. The zero-order valence-electron chi connectivity index (χ0n) is 15.6. The lowest BCUT2D eigenvalue weighted by Gasteiger charge is -2.17. The minimum Gasteiger partial charge on any atom is -0.344 e. The van der Waals surface area contributed by atoms with E-state index in [0.717, 1.165) is 48.8 Å². The molecule has 1 amide bonds. The molecule has 3 aromatic heterocycles. The zero-order valence-corrected chi connectivity index (χ0v) is 16.4. The van der Waals surface area contributed by atoms with Gasteiger partial charge in [0, 0.05) is 11.9 Å². The Kier molecular flexibility index (Phi) is 5.13. The lowest BCUT2D eigenvalue weighted by atomic mass is 10.1. The molecule has 1 aliphatic heterocycles. The third kappa shape index (κ3) is 3.52. The summed E-state index contributed by atoms with van der Waals surface area (Å²) in [6.07, 6.45) is 4.30. The Hall–Kier alpha value is -2.73. The van der Waals surface area contributed by atoms with E-state index in [9.17, 15) is 9.59 Å². The average molecular weight is 397 g/mol. The Labute approximate surface area is 167 Å². The van der Waals surface area contributed by atoms with E-state index in [2.05, 4.69) is 10.3 Å². The molecule has 0 saturated carbocycles. The van der Waals surface area contributed by atoms with Gasteiger partial charge in [0.25, 0.3) is 5.91 Å². The number of aldehydes is 1. The van der Waals surface area contributed by atoms with Crippen molar-refractivity contribution in [2.24, 2.45) is 0 Å². The van der Waals surface area contributed by atoms with Gasteiger partial charge in [0.05, 0.1) is 28.7 Å². The normalized spacial score (nSPS) is 17.8. The minimum atomic E-state index is -0.286. The molecule has 0 unspecified atom stereocenters. The molecular weight excluding hydrogens is 376 g/mol. The van der Waals surface area contributed by atoms with Crippen LogP contribution in [-0.2, 0) is 13.0 Å². The number of hydrogen-bond acceptors (Lipinski definition) is 4. The van der Waals surface area contributed by atoms with Gasteiger partial charge in [0.15, 0.2) is 6.29 Å². The van der Waals surface area contributed by atoms with E-state index in [4.69, 9.17) is 16.6 Å². The molecule has 0 aliphatic carbocycles. The lowest BCUT2D eigenvalue weighted by Crippen LogP contribution is -2.28. The Bertz CT molecular complexity index is 1060. The van der Waals surface area contributed by atoms with E-state index in [1.807, 2.05) is 29.7 Å². The summed E-state index contributed by atoms with van der Waals surface area (Å²) in [7, 11) is 0. The van der Waals surface area contributed by atoms with E-state index in [-0.39, 0.29) is 11.9 Å². The molecule has 6 nitrogen and oxygen atoms in total. The van der Waals surface area contributed by atoms with Crippen molar-refractivity contribution in [2.75, 3.05) is 0 Å². The van der Waals surface area contributed by atoms with Crippen molar-refractivity contribution in [3.63, 3.8) is 0 Å². The number of amides is 1. The number of carbonyl (C=O) groups excluding carboxylic acids is 2. The van der Waals surface area contributed by atoms with Gasteiger partial charge in [0.1, 0.15) is 10.8 Å². The van der Waals surface area contributed by atoms with Crippen molar-refractivity contribution >= 4 is 34.8 Å². The van der Waals surface area contributed by atoms with Crippen LogP contribution in [0, 0.1) is 0 Å². The first kappa shape index (κ1) is 18.6. The summed E-state index contributed by atoms with van der Waals surface area (Å²) in [5.41, 5.74) is 3.43. The van der Waals surface area contributed by atoms with Crippen LogP contribution in [0.15, 0.2) is 30.3 Å². The van der Waals surface area contributed by atoms with Crippen molar-refractivity contribution in [1.29, 1.82) is 0 Å². The maximum atomic E-state index is 12.8. The van der Waals surface area contributed by atoms with Crippen LogP contribution in [0.2, 0.25) is 5.15 Å². The van der Waals surface area contributed by atoms with Gasteiger partial charge in [-0.1, -0.05) is 18.0 Å². The number of nitrogens with zero attached hydrogens (tertiary/aromatic N) is 3. The van der Waals surface area contributed by atoms with Gasteiger partial charge in [-0.3, -0.25) is 9.59 Å². The van der Waals surface area contributed by atoms with Crippen molar-refractivity contribution in [2.45, 2.75) is 45.2 Å². The van der Waals surface area contributed by atoms with Crippen LogP contribution in [0.25, 0.3) is 11.0 Å². The van der Waals surface area contributed by atoms with E-state index >= 15 is 0 Å². The monoisotopic (exact) mass is 396 g/mol. The van der Waals surface area contributed by atoms with Crippen molar-refractivity contribution < 1.29 is 9.59 Å². The summed E-state index contributed by atoms with van der Waals surface area (Å²) in [5.74, 6) is -0.186. The number of fused-ring (bicyclic) bond motifs is 2. The zero-order chi connectivity index (χ0) is 19.7. The quantitative estimate of drug-likeness (QED) is 0.496. The van der Waals surface area contributed by atoms with Gasteiger partial charge in [-0.25, -0.2) is 9.97 Å². The maximum Gasteiger partial charge on any atom is 0.253 e. The number of hydrogen-bond donors (Lipinski definition) is 1. The third-order valence-electron chi connectivity index (χ3n) is 5.19. The fourth-order valence-corrected chi connectivity index (χ4v) is 3.86. The van der Waals surface area contributed by atoms with Crippen LogP contribution in [-0.4, -0.2) is 26.7 Å². The second kappa shape index (κ2) is 7.72. The van der Waals surface area contributed by atoms with Crippen LogP contribution in [0.1, 0.15) is 64.5 Å². The number of aromatic nitrogens is 3. The lowest BCUT2D eigenvalue weighted by molar-refractivity contribution is 0.0937. The molecule has 7 heteroatoms. The van der Waals surface area contributed by atoms with E-state index in [1.165, 1.54) is 0 Å². The molecule has 0 saturated heterocycles. The highest BCUT2D eigenvalue weighted by atomic mass is 35.5. The van der Waals surface area contributed by atoms with Gasteiger partial charge in [-0.15, -0.1) is 0 Å². The molecule has 4 rings (SSSR count). The van der Waals surface area contributed by atoms with Crippen molar-refractivity contribution in [1.82, 2.24) is 19.9 Å². The molecule has 4 heterocycles. The summed E-state index contributed by atoms with van der Waals surface area (Å²) in [6.45, 7) is 2.62. The van der Waals surface area contributed by atoms with Gasteiger partial charge in [-0.2, -0.15) is 0 Å². The molecule has 0 aromatic carbocycles. The molecule has 1 N–H and O–H groups in total. The van der Waals surface area contributed by atoms with Crippen LogP contribution >= 0.6 is 11.6 Å². The number of halogens is 1. The highest BCUT2D eigenvalue weighted by Gasteiger charge is 2.19. The third-order valence-corrected chi connectivity index (χ3v) is 5.40. The summed E-state index contributed by atoms with van der Waals surface area (Å²) >= 11 is 6.05. The molecule has 3 aromatic rings. The van der Waals surface area contributed by atoms with Gasteiger partial charge in [0.2, 0.25) is 0 Å². The molecular formula is C21H21ClN4O2. The fraction of sp³-hybridized carbons (Fsp3) is 0.333. The SMILES string of the molecule is C[C@H]1NC(=O)c2ccc(Cl)nc2CCCCCn2c(C=O)cc3ccc1nc32. The van der Waals surface area contributed by atoms with Crippen LogP contribution in [0.3, 0.4) is 0 Å². The van der Waals surface area contributed by atoms with Crippen LogP contribution < -0.4 is 5.32 Å². The Balaban J connectivity index is 1.76. The molecule has 2 bridgehead atoms. The Morgan fingerprint density at radius 1 is 1.18 bits per heavy atom. The fourth-order valence-electron chi connectivity index (χ4n) is 3.70. The number of rotatable bonds is 1. The van der Waals surface area contributed by atoms with E-state index in [0.29, 0.717) is 28.5 Å². The highest BCUT2D eigenvalue weighted by molar-refractivity contribution is 6.29. The standard InChI is InChI=1S/C21H21ClN4O2/c1-13-17-8-6-14-11-15(12-27)26(20(14)25-17)10-4-2-3-5-18-16(21(28)23-13)7-9-19(22)24-18/h6-9,11-13H,2-5,10H2,1H3,(H,23,28)/t13-/m1/s1. The van der Waals surface area contributed by atoms with Gasteiger partial charge < -0.3 is 9.88 Å². The van der Waals surface area contributed by atoms with Crippen molar-refractivity contribution in [3.05, 3.63) is 58.1 Å². The smallest absolute Gasteiger partial charge is 0.253 e. The number of pyridine rings is 2. The minimum absolute atomic E-state index is 0.186. The Morgan fingerprint density at radius 3 is 2.86 bits per heavy atom. The Morgan fingerprint density at radius 2 is 2.04 bits per heavy atom.